The van der Waals surface area contributed by atoms with Gasteiger partial charge in [-0.25, -0.2) is 4.98 Å². The number of hydrogen-bond acceptors (Lipinski definition) is 3. The monoisotopic (exact) mass is 261 g/mol. The van der Waals surface area contributed by atoms with E-state index in [0.717, 1.165) is 37.3 Å². The van der Waals surface area contributed by atoms with Crippen molar-refractivity contribution in [3.63, 3.8) is 0 Å². The van der Waals surface area contributed by atoms with Crippen molar-refractivity contribution >= 4 is 11.0 Å². The average Bonchev–Trinajstić information content (AvgIpc) is 2.70. The van der Waals surface area contributed by atoms with Crippen LogP contribution in [-0.2, 0) is 13.0 Å². The first-order chi connectivity index (χ1) is 9.11. The van der Waals surface area contributed by atoms with Crippen molar-refractivity contribution in [2.24, 2.45) is 0 Å². The molecule has 0 saturated carbocycles. The van der Waals surface area contributed by atoms with Gasteiger partial charge in [-0.1, -0.05) is 6.07 Å². The summed E-state index contributed by atoms with van der Waals surface area (Å²) in [5.41, 5.74) is 3.49. The van der Waals surface area contributed by atoms with E-state index in [4.69, 9.17) is 10.1 Å². The highest BCUT2D eigenvalue weighted by atomic mass is 16.2. The molecule has 0 amide bonds. The topological polar surface area (TPSA) is 41.3 Å². The number of benzene rings is 1. The van der Waals surface area contributed by atoms with Crippen LogP contribution in [0.5, 0.6) is 0 Å². The molecule has 0 radical (unpaired) electrons. The van der Waals surface area contributed by atoms with Gasteiger partial charge in [0.2, 0.25) is 0 Å². The van der Waals surface area contributed by atoms with Gasteiger partial charge in [-0.2, -0.15) is 0 Å². The Morgan fingerprint density at radius 3 is 2.79 bits per heavy atom. The smallest absolute Gasteiger partial charge is 0.109 e. The number of aromatic nitrogens is 2. The highest BCUT2D eigenvalue weighted by Crippen LogP contribution is 2.18. The van der Waals surface area contributed by atoms with E-state index in [-0.39, 0.29) is 6.61 Å². The normalized spacial score (nSPS) is 11.6. The van der Waals surface area contributed by atoms with Gasteiger partial charge in [0.25, 0.3) is 0 Å². The number of aryl methyl sites for hydroxylation is 2. The molecular weight excluding hydrogens is 238 g/mol. The predicted molar refractivity (Wildman–Crippen MR) is 78.4 cm³/mol. The molecule has 0 bridgehead atoms. The third-order valence-electron chi connectivity index (χ3n) is 3.31. The fourth-order valence-electron chi connectivity index (χ4n) is 2.27. The number of hydrogen-bond donors (Lipinski definition) is 1. The molecule has 0 fully saturated rings. The van der Waals surface area contributed by atoms with E-state index < -0.39 is 0 Å². The highest BCUT2D eigenvalue weighted by Gasteiger charge is 2.10. The third-order valence-corrected chi connectivity index (χ3v) is 3.31. The Labute approximate surface area is 114 Å². The Bertz CT molecular complexity index is 546. The molecule has 4 heteroatoms. The van der Waals surface area contributed by atoms with Crippen molar-refractivity contribution < 1.29 is 5.11 Å². The highest BCUT2D eigenvalue weighted by molar-refractivity contribution is 5.76. The third kappa shape index (κ3) is 3.33. The van der Waals surface area contributed by atoms with E-state index >= 15 is 0 Å². The van der Waals surface area contributed by atoms with E-state index in [1.165, 1.54) is 11.1 Å². The molecule has 1 aromatic heterocycles. The summed E-state index contributed by atoms with van der Waals surface area (Å²) >= 11 is 0. The minimum atomic E-state index is 0.218. The van der Waals surface area contributed by atoms with Crippen LogP contribution in [0.15, 0.2) is 18.2 Å². The molecule has 0 spiro atoms. The molecule has 4 nitrogen and oxygen atoms in total. The van der Waals surface area contributed by atoms with Gasteiger partial charge in [-0.05, 0) is 45.1 Å². The Morgan fingerprint density at radius 2 is 2.11 bits per heavy atom. The number of aliphatic hydroxyl groups is 1. The van der Waals surface area contributed by atoms with Crippen molar-refractivity contribution in [3.8, 4) is 0 Å². The Balaban J connectivity index is 2.36. The molecule has 0 aliphatic carbocycles. The molecule has 0 aliphatic heterocycles. The summed E-state index contributed by atoms with van der Waals surface area (Å²) in [5.74, 6) is 1.08. The number of fused-ring (bicyclic) bond motifs is 1. The van der Waals surface area contributed by atoms with Crippen LogP contribution in [-0.4, -0.2) is 46.8 Å². The second kappa shape index (κ2) is 6.17. The van der Waals surface area contributed by atoms with Gasteiger partial charge in [0.05, 0.1) is 11.0 Å². The van der Waals surface area contributed by atoms with Gasteiger partial charge < -0.3 is 14.6 Å². The zero-order valence-corrected chi connectivity index (χ0v) is 12.1. The van der Waals surface area contributed by atoms with Crippen LogP contribution in [0.2, 0.25) is 0 Å². The molecule has 2 rings (SSSR count). The maximum Gasteiger partial charge on any atom is 0.109 e. The van der Waals surface area contributed by atoms with Crippen LogP contribution in [0, 0.1) is 6.92 Å². The van der Waals surface area contributed by atoms with Crippen molar-refractivity contribution in [3.05, 3.63) is 29.6 Å². The van der Waals surface area contributed by atoms with Crippen molar-refractivity contribution in [1.29, 1.82) is 0 Å². The van der Waals surface area contributed by atoms with E-state index in [9.17, 15) is 0 Å². The van der Waals surface area contributed by atoms with Crippen LogP contribution in [0.25, 0.3) is 11.0 Å². The first-order valence-electron chi connectivity index (χ1n) is 6.83. The zero-order valence-electron chi connectivity index (χ0n) is 12.1. The van der Waals surface area contributed by atoms with Crippen LogP contribution < -0.4 is 0 Å². The maximum atomic E-state index is 9.01. The van der Waals surface area contributed by atoms with E-state index in [0.29, 0.717) is 0 Å². The first-order valence-corrected chi connectivity index (χ1v) is 6.83. The molecule has 1 heterocycles. The van der Waals surface area contributed by atoms with Crippen LogP contribution in [0.4, 0.5) is 0 Å². The molecule has 1 aromatic carbocycles. The van der Waals surface area contributed by atoms with E-state index in [1.54, 1.807) is 0 Å². The SMILES string of the molecule is Cc1ccc2c(c1)nc(CCCO)n2CCN(C)C. The number of likely N-dealkylation sites (N-methyl/N-ethyl adjacent to an activating group) is 1. The van der Waals surface area contributed by atoms with Crippen LogP contribution in [0.1, 0.15) is 17.8 Å². The number of rotatable bonds is 6. The Hall–Kier alpha value is -1.39. The molecule has 0 atom stereocenters. The van der Waals surface area contributed by atoms with Crippen LogP contribution in [0.3, 0.4) is 0 Å². The molecule has 1 N–H and O–H groups in total. The molecule has 2 aromatic rings. The average molecular weight is 261 g/mol. The lowest BCUT2D eigenvalue weighted by molar-refractivity contribution is 0.286. The minimum absolute atomic E-state index is 0.218. The summed E-state index contributed by atoms with van der Waals surface area (Å²) in [6.07, 6.45) is 1.60. The van der Waals surface area contributed by atoms with Gasteiger partial charge in [-0.15, -0.1) is 0 Å². The standard InChI is InChI=1S/C15H23N3O/c1-12-6-7-14-13(11-12)16-15(5-4-10-19)18(14)9-8-17(2)3/h6-7,11,19H,4-5,8-10H2,1-3H3. The second-order valence-electron chi connectivity index (χ2n) is 5.30. The van der Waals surface area contributed by atoms with Crippen molar-refractivity contribution in [2.45, 2.75) is 26.3 Å². The van der Waals surface area contributed by atoms with Crippen molar-refractivity contribution in [2.75, 3.05) is 27.2 Å². The maximum absolute atomic E-state index is 9.01. The number of nitrogens with zero attached hydrogens (tertiary/aromatic N) is 3. The summed E-state index contributed by atoms with van der Waals surface area (Å²) in [5, 5.41) is 9.01. The summed E-state index contributed by atoms with van der Waals surface area (Å²) in [7, 11) is 4.16. The summed E-state index contributed by atoms with van der Waals surface area (Å²) in [6.45, 7) is 4.24. The lowest BCUT2D eigenvalue weighted by Gasteiger charge is -2.13. The molecule has 104 valence electrons. The van der Waals surface area contributed by atoms with Crippen molar-refractivity contribution in [1.82, 2.24) is 14.5 Å². The number of imidazole rings is 1. The molecular formula is C15H23N3O. The van der Waals surface area contributed by atoms with Gasteiger partial charge in [0, 0.05) is 26.1 Å². The Morgan fingerprint density at radius 1 is 1.32 bits per heavy atom. The lowest BCUT2D eigenvalue weighted by atomic mass is 10.2. The number of aliphatic hydroxyl groups excluding tert-OH is 1. The lowest BCUT2D eigenvalue weighted by Crippen LogP contribution is -2.19. The van der Waals surface area contributed by atoms with E-state index in [1.807, 2.05) is 0 Å². The molecule has 19 heavy (non-hydrogen) atoms. The summed E-state index contributed by atoms with van der Waals surface area (Å²) in [6, 6.07) is 6.41. The quantitative estimate of drug-likeness (QED) is 0.862. The molecule has 0 aliphatic rings. The van der Waals surface area contributed by atoms with Gasteiger partial charge in [0.1, 0.15) is 5.82 Å². The fraction of sp³-hybridized carbons (Fsp3) is 0.533. The van der Waals surface area contributed by atoms with Gasteiger partial charge >= 0.3 is 0 Å². The minimum Gasteiger partial charge on any atom is -0.396 e. The first kappa shape index (κ1) is 14.0. The molecule has 0 saturated heterocycles. The molecule has 0 unspecified atom stereocenters. The summed E-state index contributed by atoms with van der Waals surface area (Å²) < 4.78 is 2.28. The van der Waals surface area contributed by atoms with E-state index in [2.05, 4.69) is 48.7 Å². The van der Waals surface area contributed by atoms with Crippen LogP contribution >= 0.6 is 0 Å². The largest absolute Gasteiger partial charge is 0.396 e. The zero-order chi connectivity index (χ0) is 13.8. The fourth-order valence-corrected chi connectivity index (χ4v) is 2.27. The Kier molecular flexibility index (Phi) is 4.56. The predicted octanol–water partition coefficient (Wildman–Crippen LogP) is 1.83. The second-order valence-corrected chi connectivity index (χ2v) is 5.30. The summed E-state index contributed by atoms with van der Waals surface area (Å²) in [4.78, 5) is 6.90. The van der Waals surface area contributed by atoms with Gasteiger partial charge in [0.15, 0.2) is 0 Å². The van der Waals surface area contributed by atoms with Gasteiger partial charge in [-0.3, -0.25) is 0 Å².